The van der Waals surface area contributed by atoms with Crippen molar-refractivity contribution in [1.82, 2.24) is 9.55 Å². The van der Waals surface area contributed by atoms with E-state index in [9.17, 15) is 0 Å². The first-order chi connectivity index (χ1) is 9.65. The summed E-state index contributed by atoms with van der Waals surface area (Å²) in [4.78, 5) is 4.85. The van der Waals surface area contributed by atoms with Crippen LogP contribution in [0.5, 0.6) is 0 Å². The van der Waals surface area contributed by atoms with E-state index in [0.29, 0.717) is 5.88 Å². The third-order valence-corrected chi connectivity index (χ3v) is 4.42. The lowest BCUT2D eigenvalue weighted by Gasteiger charge is -2.36. The van der Waals surface area contributed by atoms with Gasteiger partial charge in [-0.05, 0) is 38.3 Å². The lowest BCUT2D eigenvalue weighted by molar-refractivity contribution is 0.0102. The molecular weight excluding hydrogens is 272 g/mol. The molecule has 1 atom stereocenters. The Morgan fingerprint density at radius 3 is 3.00 bits per heavy atom. The Hall–Kier alpha value is -1.06. The topological polar surface area (TPSA) is 27.1 Å². The molecule has 0 aliphatic carbocycles. The Labute approximate surface area is 124 Å². The molecule has 3 nitrogen and oxygen atoms in total. The van der Waals surface area contributed by atoms with Crippen LogP contribution < -0.4 is 0 Å². The molecule has 108 valence electrons. The molecule has 1 saturated heterocycles. The maximum Gasteiger partial charge on any atom is 0.111 e. The van der Waals surface area contributed by atoms with Crippen LogP contribution in [-0.2, 0) is 16.7 Å². The number of aromatic nitrogens is 2. The van der Waals surface area contributed by atoms with Crippen molar-refractivity contribution in [3.8, 4) is 0 Å². The summed E-state index contributed by atoms with van der Waals surface area (Å²) >= 11 is 5.98. The van der Waals surface area contributed by atoms with Gasteiger partial charge in [0.25, 0.3) is 0 Å². The van der Waals surface area contributed by atoms with Crippen LogP contribution in [-0.4, -0.2) is 28.6 Å². The van der Waals surface area contributed by atoms with Crippen molar-refractivity contribution in [3.63, 3.8) is 0 Å². The first kappa shape index (κ1) is 13.9. The maximum absolute atomic E-state index is 5.98. The minimum atomic E-state index is -0.0117. The number of imidazole rings is 1. The lowest BCUT2D eigenvalue weighted by Crippen LogP contribution is -2.40. The average Bonchev–Trinajstić information content (AvgIpc) is 2.80. The molecule has 1 aromatic heterocycles. The molecule has 0 N–H and O–H groups in total. The largest absolute Gasteiger partial charge is 0.379 e. The first-order valence-corrected chi connectivity index (χ1v) is 7.80. The molecule has 3 rings (SSSR count). The van der Waals surface area contributed by atoms with Crippen LogP contribution >= 0.6 is 11.6 Å². The van der Waals surface area contributed by atoms with E-state index >= 15 is 0 Å². The molecule has 2 aromatic rings. The lowest BCUT2D eigenvalue weighted by atomic mass is 9.93. The van der Waals surface area contributed by atoms with Gasteiger partial charge in [-0.25, -0.2) is 4.98 Å². The Kier molecular flexibility index (Phi) is 3.74. The number of ether oxygens (including phenoxy) is 1. The highest BCUT2D eigenvalue weighted by molar-refractivity contribution is 6.17. The molecular formula is C16H21ClN2O. The highest BCUT2D eigenvalue weighted by atomic mass is 35.5. The zero-order valence-electron chi connectivity index (χ0n) is 12.2. The molecule has 0 radical (unpaired) electrons. The van der Waals surface area contributed by atoms with Crippen molar-refractivity contribution in [2.75, 3.05) is 19.1 Å². The number of alkyl halides is 1. The van der Waals surface area contributed by atoms with Crippen LogP contribution in [0.1, 0.15) is 31.2 Å². The van der Waals surface area contributed by atoms with Gasteiger partial charge in [-0.1, -0.05) is 12.1 Å². The number of benzene rings is 1. The quantitative estimate of drug-likeness (QED) is 0.808. The van der Waals surface area contributed by atoms with Crippen molar-refractivity contribution in [2.45, 2.75) is 38.6 Å². The number of hydrogen-bond donors (Lipinski definition) is 0. The average molecular weight is 293 g/mol. The molecule has 1 aliphatic heterocycles. The predicted octanol–water partition coefficient (Wildman–Crippen LogP) is 3.65. The van der Waals surface area contributed by atoms with E-state index < -0.39 is 0 Å². The van der Waals surface area contributed by atoms with E-state index in [2.05, 4.69) is 36.6 Å². The van der Waals surface area contributed by atoms with Crippen LogP contribution in [0.4, 0.5) is 0 Å². The summed E-state index contributed by atoms with van der Waals surface area (Å²) in [6.07, 6.45) is 3.02. The van der Waals surface area contributed by atoms with Gasteiger partial charge in [-0.2, -0.15) is 0 Å². The second-order valence-electron chi connectivity index (χ2n) is 5.90. The molecule has 1 unspecified atom stereocenters. The fourth-order valence-corrected chi connectivity index (χ4v) is 3.41. The van der Waals surface area contributed by atoms with Crippen molar-refractivity contribution in [3.05, 3.63) is 29.6 Å². The van der Waals surface area contributed by atoms with Gasteiger partial charge >= 0.3 is 0 Å². The molecule has 2 heterocycles. The normalized spacial score (nSPS) is 23.4. The number of hydrogen-bond acceptors (Lipinski definition) is 2. The van der Waals surface area contributed by atoms with Gasteiger partial charge in [0.05, 0.1) is 23.2 Å². The molecule has 20 heavy (non-hydrogen) atoms. The van der Waals surface area contributed by atoms with Crippen molar-refractivity contribution < 1.29 is 4.74 Å². The number of halogens is 1. The van der Waals surface area contributed by atoms with Crippen molar-refractivity contribution in [1.29, 1.82) is 0 Å². The van der Waals surface area contributed by atoms with E-state index in [0.717, 1.165) is 43.8 Å². The van der Waals surface area contributed by atoms with Gasteiger partial charge in [0.2, 0.25) is 0 Å². The maximum atomic E-state index is 5.98. The van der Waals surface area contributed by atoms with Crippen LogP contribution in [0.3, 0.4) is 0 Å². The fraction of sp³-hybridized carbons (Fsp3) is 0.562. The number of fused-ring (bicyclic) bond motifs is 1. The van der Waals surface area contributed by atoms with Crippen LogP contribution in [0.15, 0.2) is 18.2 Å². The second-order valence-corrected chi connectivity index (χ2v) is 6.28. The predicted molar refractivity (Wildman–Crippen MR) is 82.6 cm³/mol. The number of para-hydroxylation sites is 1. The minimum Gasteiger partial charge on any atom is -0.379 e. The highest BCUT2D eigenvalue weighted by Crippen LogP contribution is 2.33. The highest BCUT2D eigenvalue weighted by Gasteiger charge is 2.33. The summed E-state index contributed by atoms with van der Waals surface area (Å²) < 4.78 is 8.11. The van der Waals surface area contributed by atoms with Gasteiger partial charge in [-0.15, -0.1) is 11.6 Å². The van der Waals surface area contributed by atoms with Crippen molar-refractivity contribution >= 4 is 22.6 Å². The molecule has 1 aromatic carbocycles. The Bertz CT molecular complexity index is 614. The molecule has 0 saturated carbocycles. The Balaban J connectivity index is 2.20. The van der Waals surface area contributed by atoms with E-state index in [1.165, 1.54) is 11.1 Å². The Morgan fingerprint density at radius 2 is 2.30 bits per heavy atom. The van der Waals surface area contributed by atoms with Gasteiger partial charge in [0.15, 0.2) is 0 Å². The second kappa shape index (κ2) is 5.38. The van der Waals surface area contributed by atoms with Gasteiger partial charge < -0.3 is 9.30 Å². The zero-order valence-corrected chi connectivity index (χ0v) is 12.9. The first-order valence-electron chi connectivity index (χ1n) is 7.27. The SMILES string of the molecule is Cc1cccc2c1nc(CCCl)n2C1(C)CCCOC1. The number of aryl methyl sites for hydroxylation is 2. The van der Waals surface area contributed by atoms with E-state index in [1.807, 2.05) is 0 Å². The van der Waals surface area contributed by atoms with E-state index in [4.69, 9.17) is 21.3 Å². The van der Waals surface area contributed by atoms with Gasteiger partial charge in [0.1, 0.15) is 5.82 Å². The molecule has 1 aliphatic rings. The standard InChI is InChI=1S/C16H21ClN2O/c1-12-5-3-6-13-15(12)18-14(7-9-17)19(13)16(2)8-4-10-20-11-16/h3,5-6H,4,7-11H2,1-2H3. The number of nitrogens with zero attached hydrogens (tertiary/aromatic N) is 2. The smallest absolute Gasteiger partial charge is 0.111 e. The van der Waals surface area contributed by atoms with Crippen LogP contribution in [0, 0.1) is 6.92 Å². The van der Waals surface area contributed by atoms with Crippen LogP contribution in [0.25, 0.3) is 11.0 Å². The third kappa shape index (κ3) is 2.23. The molecule has 0 amide bonds. The van der Waals surface area contributed by atoms with Gasteiger partial charge in [0, 0.05) is 18.9 Å². The van der Waals surface area contributed by atoms with E-state index in [-0.39, 0.29) is 5.54 Å². The summed E-state index contributed by atoms with van der Waals surface area (Å²) in [5.41, 5.74) is 3.51. The molecule has 0 spiro atoms. The van der Waals surface area contributed by atoms with Gasteiger partial charge in [-0.3, -0.25) is 0 Å². The molecule has 1 fully saturated rings. The fourth-order valence-electron chi connectivity index (χ4n) is 3.24. The monoisotopic (exact) mass is 292 g/mol. The summed E-state index contributed by atoms with van der Waals surface area (Å²) in [5.74, 6) is 1.68. The number of rotatable bonds is 3. The summed E-state index contributed by atoms with van der Waals surface area (Å²) in [6.45, 7) is 6.00. The molecule has 4 heteroatoms. The van der Waals surface area contributed by atoms with E-state index in [1.54, 1.807) is 0 Å². The zero-order chi connectivity index (χ0) is 14.2. The van der Waals surface area contributed by atoms with Crippen molar-refractivity contribution in [2.24, 2.45) is 0 Å². The van der Waals surface area contributed by atoms with Crippen LogP contribution in [0.2, 0.25) is 0 Å². The minimum absolute atomic E-state index is 0.0117. The summed E-state index contributed by atoms with van der Waals surface area (Å²) in [6, 6.07) is 6.38. The summed E-state index contributed by atoms with van der Waals surface area (Å²) in [7, 11) is 0. The summed E-state index contributed by atoms with van der Waals surface area (Å²) in [5, 5.41) is 0. The Morgan fingerprint density at radius 1 is 1.45 bits per heavy atom. The third-order valence-electron chi connectivity index (χ3n) is 4.23. The molecule has 0 bridgehead atoms.